The van der Waals surface area contributed by atoms with E-state index in [4.69, 9.17) is 0 Å². The maximum atomic E-state index is 9.95. The van der Waals surface area contributed by atoms with Crippen molar-refractivity contribution in [1.82, 2.24) is 0 Å². The van der Waals surface area contributed by atoms with E-state index in [1.165, 1.54) is 11.3 Å². The molecule has 2 heteroatoms. The van der Waals surface area contributed by atoms with Crippen molar-refractivity contribution in [3.63, 3.8) is 0 Å². The van der Waals surface area contributed by atoms with Gasteiger partial charge in [-0.2, -0.15) is 0 Å². The lowest BCUT2D eigenvalue weighted by Gasteiger charge is -2.21. The molecule has 0 aromatic heterocycles. The first-order valence-corrected chi connectivity index (χ1v) is 6.00. The highest BCUT2D eigenvalue weighted by molar-refractivity contribution is 5.78. The number of nitrogens with one attached hydrogen (secondary N) is 1. The molecule has 0 radical (unpaired) electrons. The lowest BCUT2D eigenvalue weighted by atomic mass is 9.93. The van der Waals surface area contributed by atoms with Crippen LogP contribution in [-0.4, -0.2) is 11.7 Å². The fraction of sp³-hybridized carbons (Fsp3) is 0.200. The van der Waals surface area contributed by atoms with Crippen molar-refractivity contribution >= 4 is 5.69 Å². The molecule has 0 atom stereocenters. The van der Waals surface area contributed by atoms with Gasteiger partial charge < -0.3 is 10.4 Å². The van der Waals surface area contributed by atoms with Crippen molar-refractivity contribution in [2.45, 2.75) is 12.8 Å². The molecule has 0 amide bonds. The van der Waals surface area contributed by atoms with Crippen LogP contribution < -0.4 is 5.32 Å². The second-order valence-electron chi connectivity index (χ2n) is 4.38. The van der Waals surface area contributed by atoms with Crippen LogP contribution in [0.15, 0.2) is 42.5 Å². The number of benzene rings is 2. The number of phenols is 1. The second kappa shape index (κ2) is 4.13. The summed E-state index contributed by atoms with van der Waals surface area (Å²) in [5.74, 6) is 0.353. The highest BCUT2D eigenvalue weighted by atomic mass is 16.3. The molecule has 0 unspecified atom stereocenters. The zero-order chi connectivity index (χ0) is 11.7. The monoisotopic (exact) mass is 225 g/mol. The zero-order valence-electron chi connectivity index (χ0n) is 9.61. The number of hydrogen-bond donors (Lipinski definition) is 2. The largest absolute Gasteiger partial charge is 0.507 e. The second-order valence-corrected chi connectivity index (χ2v) is 4.38. The van der Waals surface area contributed by atoms with Crippen molar-refractivity contribution in [3.05, 3.63) is 48.0 Å². The maximum Gasteiger partial charge on any atom is 0.123 e. The Bertz CT molecular complexity index is 548. The molecule has 0 saturated heterocycles. The van der Waals surface area contributed by atoms with Crippen LogP contribution in [0.1, 0.15) is 12.0 Å². The first-order chi connectivity index (χ1) is 8.36. The van der Waals surface area contributed by atoms with E-state index in [0.29, 0.717) is 5.75 Å². The van der Waals surface area contributed by atoms with Crippen LogP contribution in [0.2, 0.25) is 0 Å². The fourth-order valence-electron chi connectivity index (χ4n) is 2.46. The van der Waals surface area contributed by atoms with Crippen molar-refractivity contribution in [3.8, 4) is 16.9 Å². The van der Waals surface area contributed by atoms with E-state index >= 15 is 0 Å². The number of fused-ring (bicyclic) bond motifs is 1. The van der Waals surface area contributed by atoms with Crippen LogP contribution >= 0.6 is 0 Å². The van der Waals surface area contributed by atoms with Crippen LogP contribution in [-0.2, 0) is 6.42 Å². The first-order valence-electron chi connectivity index (χ1n) is 6.00. The molecule has 2 N–H and O–H groups in total. The molecule has 86 valence electrons. The average molecular weight is 225 g/mol. The van der Waals surface area contributed by atoms with Crippen LogP contribution in [0.4, 0.5) is 5.69 Å². The summed E-state index contributed by atoms with van der Waals surface area (Å²) in [5, 5.41) is 13.4. The molecule has 0 saturated carbocycles. The third-order valence-corrected chi connectivity index (χ3v) is 3.29. The van der Waals surface area contributed by atoms with Gasteiger partial charge in [0.15, 0.2) is 0 Å². The van der Waals surface area contributed by atoms with Gasteiger partial charge in [0.05, 0.1) is 0 Å². The molecule has 0 fully saturated rings. The van der Waals surface area contributed by atoms with Gasteiger partial charge >= 0.3 is 0 Å². The smallest absolute Gasteiger partial charge is 0.123 e. The van der Waals surface area contributed by atoms with Gasteiger partial charge in [-0.05, 0) is 36.1 Å². The summed E-state index contributed by atoms with van der Waals surface area (Å²) in [5.41, 5.74) is 4.60. The molecule has 1 aliphatic heterocycles. The highest BCUT2D eigenvalue weighted by Crippen LogP contribution is 2.36. The molecule has 3 rings (SSSR count). The summed E-state index contributed by atoms with van der Waals surface area (Å²) in [6, 6.07) is 13.8. The predicted octanol–water partition coefficient (Wildman–Crippen LogP) is 3.42. The number of para-hydroxylation sites is 1. The molecule has 0 spiro atoms. The number of aromatic hydroxyl groups is 1. The maximum absolute atomic E-state index is 9.95. The number of rotatable bonds is 1. The van der Waals surface area contributed by atoms with Crippen LogP contribution in [0.25, 0.3) is 11.1 Å². The molecule has 0 aliphatic carbocycles. The third-order valence-electron chi connectivity index (χ3n) is 3.29. The van der Waals surface area contributed by atoms with Gasteiger partial charge in [-0.3, -0.25) is 0 Å². The van der Waals surface area contributed by atoms with Gasteiger partial charge in [0.2, 0.25) is 0 Å². The molecule has 2 aromatic rings. The molecule has 1 aliphatic rings. The van der Waals surface area contributed by atoms with E-state index in [2.05, 4.69) is 17.4 Å². The fourth-order valence-corrected chi connectivity index (χ4v) is 2.46. The van der Waals surface area contributed by atoms with Gasteiger partial charge in [-0.25, -0.2) is 0 Å². The minimum Gasteiger partial charge on any atom is -0.507 e. The van der Waals surface area contributed by atoms with Crippen molar-refractivity contribution < 1.29 is 5.11 Å². The highest BCUT2D eigenvalue weighted by Gasteiger charge is 2.14. The first kappa shape index (κ1) is 10.2. The zero-order valence-corrected chi connectivity index (χ0v) is 9.61. The normalized spacial score (nSPS) is 13.9. The predicted molar refractivity (Wildman–Crippen MR) is 70.4 cm³/mol. The van der Waals surface area contributed by atoms with Gasteiger partial charge in [0.25, 0.3) is 0 Å². The quantitative estimate of drug-likeness (QED) is 0.779. The van der Waals surface area contributed by atoms with Gasteiger partial charge in [0.1, 0.15) is 5.75 Å². The van der Waals surface area contributed by atoms with Crippen LogP contribution in [0.3, 0.4) is 0 Å². The molecule has 2 nitrogen and oxygen atoms in total. The molecule has 2 aromatic carbocycles. The van der Waals surface area contributed by atoms with E-state index in [9.17, 15) is 5.11 Å². The Morgan fingerprint density at radius 2 is 1.76 bits per heavy atom. The standard InChI is InChI=1S/C15H15NO/c17-15-9-2-1-5-13(15)11-6-3-8-14-12(11)7-4-10-16-14/h1-3,5-6,8-9,16-17H,4,7,10H2. The van der Waals surface area contributed by atoms with Crippen molar-refractivity contribution in [2.24, 2.45) is 0 Å². The molecule has 0 bridgehead atoms. The number of hydrogen-bond acceptors (Lipinski definition) is 2. The molecule has 1 heterocycles. The van der Waals surface area contributed by atoms with Gasteiger partial charge in [0, 0.05) is 17.8 Å². The Balaban J connectivity index is 2.18. The summed E-state index contributed by atoms with van der Waals surface area (Å²) in [4.78, 5) is 0. The van der Waals surface area contributed by atoms with E-state index < -0.39 is 0 Å². The lowest BCUT2D eigenvalue weighted by molar-refractivity contribution is 0.477. The molecular formula is C15H15NO. The van der Waals surface area contributed by atoms with Crippen molar-refractivity contribution in [2.75, 3.05) is 11.9 Å². The van der Waals surface area contributed by atoms with Crippen molar-refractivity contribution in [1.29, 1.82) is 0 Å². The molecular weight excluding hydrogens is 210 g/mol. The number of anilines is 1. The summed E-state index contributed by atoms with van der Waals surface area (Å²) < 4.78 is 0. The Morgan fingerprint density at radius 1 is 0.941 bits per heavy atom. The Morgan fingerprint density at radius 3 is 2.65 bits per heavy atom. The lowest BCUT2D eigenvalue weighted by Crippen LogP contribution is -2.12. The average Bonchev–Trinajstić information content (AvgIpc) is 2.39. The number of phenolic OH excluding ortho intramolecular Hbond substituents is 1. The Labute approximate surface area is 101 Å². The van der Waals surface area contributed by atoms with E-state index in [-0.39, 0.29) is 0 Å². The minimum atomic E-state index is 0.353. The third kappa shape index (κ3) is 1.76. The minimum absolute atomic E-state index is 0.353. The van der Waals surface area contributed by atoms with E-state index in [1.54, 1.807) is 6.07 Å². The SMILES string of the molecule is Oc1ccccc1-c1cccc2c1CCCN2. The summed E-state index contributed by atoms with van der Waals surface area (Å²) >= 11 is 0. The van der Waals surface area contributed by atoms with Crippen LogP contribution in [0, 0.1) is 0 Å². The summed E-state index contributed by atoms with van der Waals surface area (Å²) in [7, 11) is 0. The van der Waals surface area contributed by atoms with E-state index in [0.717, 1.165) is 30.5 Å². The van der Waals surface area contributed by atoms with E-state index in [1.807, 2.05) is 24.3 Å². The van der Waals surface area contributed by atoms with Gasteiger partial charge in [-0.1, -0.05) is 30.3 Å². The van der Waals surface area contributed by atoms with Gasteiger partial charge in [-0.15, -0.1) is 0 Å². The Kier molecular flexibility index (Phi) is 2.48. The molecule has 17 heavy (non-hydrogen) atoms. The topological polar surface area (TPSA) is 32.3 Å². The Hall–Kier alpha value is -1.96. The summed E-state index contributed by atoms with van der Waals surface area (Å²) in [6.45, 7) is 1.04. The van der Waals surface area contributed by atoms with Crippen LogP contribution in [0.5, 0.6) is 5.75 Å². The summed E-state index contributed by atoms with van der Waals surface area (Å²) in [6.07, 6.45) is 2.23.